The first kappa shape index (κ1) is 43.3. The summed E-state index contributed by atoms with van der Waals surface area (Å²) in [6.45, 7) is 2.95. The molecule has 10 rings (SSSR count). The van der Waals surface area contributed by atoms with E-state index in [0.29, 0.717) is 34.5 Å². The van der Waals surface area contributed by atoms with E-state index in [9.17, 15) is 0 Å². The fourth-order valence-corrected chi connectivity index (χ4v) is 9.89. The summed E-state index contributed by atoms with van der Waals surface area (Å²) >= 11 is 0. The van der Waals surface area contributed by atoms with E-state index in [2.05, 4.69) is 134 Å². The van der Waals surface area contributed by atoms with Crippen molar-refractivity contribution in [2.45, 2.75) is 32.6 Å². The van der Waals surface area contributed by atoms with Gasteiger partial charge in [0.05, 0.1) is 49.3 Å². The van der Waals surface area contributed by atoms with Gasteiger partial charge in [0.15, 0.2) is 23.0 Å². The number of methoxy groups -OCH3 is 6. The number of fused-ring (bicyclic) bond motifs is 9. The van der Waals surface area contributed by atoms with Crippen LogP contribution in [0.2, 0.25) is 0 Å². The summed E-state index contributed by atoms with van der Waals surface area (Å²) in [6.07, 6.45) is 4.67. The van der Waals surface area contributed by atoms with Crippen LogP contribution in [0, 0.1) is 0 Å². The van der Waals surface area contributed by atoms with Gasteiger partial charge in [-0.1, -0.05) is 105 Å². The molecule has 0 unspecified atom stereocenters. The van der Waals surface area contributed by atoms with Crippen LogP contribution in [0.5, 0.6) is 40.2 Å². The minimum absolute atomic E-state index is 0.544. The molecule has 0 aliphatic carbocycles. The molecule has 10 aromatic rings. The monoisotopic (exact) mass is 886 g/mol. The van der Waals surface area contributed by atoms with Crippen molar-refractivity contribution in [1.82, 2.24) is 0 Å². The molecular weight excluding hydrogens is 833 g/mol. The van der Waals surface area contributed by atoms with Crippen molar-refractivity contribution < 1.29 is 33.2 Å². The van der Waals surface area contributed by atoms with E-state index in [1.807, 2.05) is 12.1 Å². The van der Waals surface area contributed by atoms with Gasteiger partial charge in [-0.3, -0.25) is 0 Å². The fraction of sp³-hybridized carbons (Fsp3) is 0.200. The van der Waals surface area contributed by atoms with Gasteiger partial charge < -0.3 is 33.2 Å². The maximum absolute atomic E-state index is 6.30. The predicted molar refractivity (Wildman–Crippen MR) is 279 cm³/mol. The van der Waals surface area contributed by atoms with E-state index in [1.165, 1.54) is 40.8 Å². The third-order valence-electron chi connectivity index (χ3n) is 13.2. The number of rotatable bonds is 12. The first-order chi connectivity index (χ1) is 32.9. The lowest BCUT2D eigenvalue weighted by molar-refractivity contribution is 0.305. The van der Waals surface area contributed by atoms with E-state index in [4.69, 9.17) is 33.2 Å². The molecule has 0 radical (unpaired) electrons. The fourth-order valence-electron chi connectivity index (χ4n) is 9.89. The van der Waals surface area contributed by atoms with Gasteiger partial charge in [-0.15, -0.1) is 0 Å². The van der Waals surface area contributed by atoms with Crippen LogP contribution < -0.4 is 33.2 Å². The molecule has 336 valence electrons. The zero-order valence-electron chi connectivity index (χ0n) is 39.2. The normalized spacial score (nSPS) is 11.5. The zero-order chi connectivity index (χ0) is 46.2. The average Bonchev–Trinajstić information content (AvgIpc) is 3.36. The van der Waals surface area contributed by atoms with Crippen molar-refractivity contribution in [3.05, 3.63) is 140 Å². The van der Waals surface area contributed by atoms with Gasteiger partial charge in [0, 0.05) is 10.8 Å². The molecule has 7 heteroatoms. The van der Waals surface area contributed by atoms with Crippen LogP contribution >= 0.6 is 0 Å². The minimum atomic E-state index is 0.544. The van der Waals surface area contributed by atoms with Gasteiger partial charge in [-0.25, -0.2) is 0 Å². The Morgan fingerprint density at radius 1 is 0.299 bits per heavy atom. The number of benzene rings is 9. The number of hydrogen-bond donors (Lipinski definition) is 0. The Labute approximate surface area is 390 Å². The summed E-state index contributed by atoms with van der Waals surface area (Å²) < 4.78 is 41.9. The second kappa shape index (κ2) is 18.3. The quantitative estimate of drug-likeness (QED) is 0.0894. The summed E-state index contributed by atoms with van der Waals surface area (Å²) in [7, 11) is 9.93. The Hall–Kier alpha value is -7.64. The minimum Gasteiger partial charge on any atom is -0.494 e. The zero-order valence-corrected chi connectivity index (χ0v) is 39.2. The van der Waals surface area contributed by atoms with Crippen LogP contribution in [0.1, 0.15) is 32.6 Å². The highest BCUT2D eigenvalue weighted by atomic mass is 16.5. The van der Waals surface area contributed by atoms with E-state index in [0.717, 1.165) is 94.2 Å². The molecule has 0 spiro atoms. The first-order valence-corrected chi connectivity index (χ1v) is 22.9. The summed E-state index contributed by atoms with van der Waals surface area (Å²) in [5.41, 5.74) is 0. The van der Waals surface area contributed by atoms with Gasteiger partial charge >= 0.3 is 0 Å². The second-order valence-electron chi connectivity index (χ2n) is 17.1. The van der Waals surface area contributed by atoms with Gasteiger partial charge in [-0.2, -0.15) is 0 Å². The van der Waals surface area contributed by atoms with Crippen molar-refractivity contribution in [3.63, 3.8) is 0 Å². The Morgan fingerprint density at radius 3 is 1.16 bits per heavy atom. The molecule has 0 fully saturated rings. The second-order valence-corrected chi connectivity index (χ2v) is 17.1. The van der Waals surface area contributed by atoms with E-state index >= 15 is 0 Å². The molecule has 0 saturated carbocycles. The van der Waals surface area contributed by atoms with Crippen LogP contribution in [0.3, 0.4) is 0 Å². The molecule has 0 N–H and O–H groups in total. The number of hydrogen-bond acceptors (Lipinski definition) is 7. The molecule has 10 aromatic carbocycles. The van der Waals surface area contributed by atoms with Crippen LogP contribution in [0.15, 0.2) is 140 Å². The van der Waals surface area contributed by atoms with E-state index in [-0.39, 0.29) is 0 Å². The number of ether oxygens (including phenoxy) is 7. The van der Waals surface area contributed by atoms with E-state index in [1.54, 1.807) is 42.7 Å². The Morgan fingerprint density at radius 2 is 0.701 bits per heavy atom. The molecule has 0 amide bonds. The van der Waals surface area contributed by atoms with Crippen LogP contribution in [-0.4, -0.2) is 49.3 Å². The Bertz CT molecular complexity index is 3690. The molecule has 0 aliphatic heterocycles. The molecule has 0 atom stereocenters. The molecule has 0 aliphatic rings. The maximum atomic E-state index is 6.30. The summed E-state index contributed by atoms with van der Waals surface area (Å²) in [4.78, 5) is 0. The van der Waals surface area contributed by atoms with Crippen molar-refractivity contribution in [1.29, 1.82) is 0 Å². The topological polar surface area (TPSA) is 64.6 Å². The van der Waals surface area contributed by atoms with Crippen LogP contribution in [0.25, 0.3) is 97.0 Å². The molecule has 6 bridgehead atoms. The SMILES string of the molecule is CCCCCCOc1ccc2cc3ccc4ccc5c(c4)c(ccc4cc6c(OC)c(OC)c(OC)cc6c6ccc(ccc7ccc(c2c1)c3c7)cc46)cc1c(OC)c(OC)c(OC)cc15. The summed E-state index contributed by atoms with van der Waals surface area (Å²) in [6, 6.07) is 50.6. The highest BCUT2D eigenvalue weighted by Gasteiger charge is 2.20. The standard InChI is InChI=1S/C60H54O7/c1-8-9-10-11-26-67-43-22-21-40-30-39-18-14-38-17-25-46-49(29-38)42(32-54-52(46)35-56(62-3)60(66-7)58(54)64-5)20-19-41-31-53-51(34-55(61-2)59(65-6)57(53)63-4)45-24-16-37(28-48(41)45)13-12-36-15-23-44(47(39)27-36)50(40)33-43/h12-25,27-35H,8-11,26H2,1-7H3. The van der Waals surface area contributed by atoms with Gasteiger partial charge in [0.25, 0.3) is 0 Å². The predicted octanol–water partition coefficient (Wildman–Crippen LogP) is 15.8. The maximum Gasteiger partial charge on any atom is 0.203 e. The van der Waals surface area contributed by atoms with Crippen molar-refractivity contribution in [2.75, 3.05) is 49.3 Å². The largest absolute Gasteiger partial charge is 0.494 e. The Kier molecular flexibility index (Phi) is 11.8. The highest BCUT2D eigenvalue weighted by molar-refractivity contribution is 6.21. The van der Waals surface area contributed by atoms with E-state index < -0.39 is 0 Å². The summed E-state index contributed by atoms with van der Waals surface area (Å²) in [5.74, 6) is 4.41. The molecular formula is C60H54O7. The smallest absolute Gasteiger partial charge is 0.203 e. The molecule has 0 saturated heterocycles. The van der Waals surface area contributed by atoms with Gasteiger partial charge in [-0.05, 0) is 153 Å². The third-order valence-corrected chi connectivity index (χ3v) is 13.2. The Balaban J connectivity index is 1.32. The van der Waals surface area contributed by atoms with Crippen molar-refractivity contribution in [2.24, 2.45) is 0 Å². The lowest BCUT2D eigenvalue weighted by Gasteiger charge is -2.17. The molecule has 67 heavy (non-hydrogen) atoms. The van der Waals surface area contributed by atoms with Crippen LogP contribution in [-0.2, 0) is 0 Å². The van der Waals surface area contributed by atoms with Crippen molar-refractivity contribution >= 4 is 97.0 Å². The first-order valence-electron chi connectivity index (χ1n) is 22.9. The van der Waals surface area contributed by atoms with Gasteiger partial charge in [0.1, 0.15) is 5.75 Å². The van der Waals surface area contributed by atoms with Crippen molar-refractivity contribution in [3.8, 4) is 40.2 Å². The lowest BCUT2D eigenvalue weighted by Crippen LogP contribution is -1.97. The molecule has 0 heterocycles. The molecule has 7 nitrogen and oxygen atoms in total. The summed E-state index contributed by atoms with van der Waals surface area (Å²) in [5, 5.41) is 19.2. The van der Waals surface area contributed by atoms with Crippen LogP contribution in [0.4, 0.5) is 0 Å². The highest BCUT2D eigenvalue weighted by Crippen LogP contribution is 2.48. The number of unbranched alkanes of at least 4 members (excludes halogenated alkanes) is 3. The van der Waals surface area contributed by atoms with Gasteiger partial charge in [0.2, 0.25) is 11.5 Å². The lowest BCUT2D eigenvalue weighted by atomic mass is 9.95. The third kappa shape index (κ3) is 7.78. The average molecular weight is 887 g/mol. The molecule has 0 aromatic heterocycles.